The molecule has 0 spiro atoms. The predicted octanol–water partition coefficient (Wildman–Crippen LogP) is 2.93. The molecule has 1 N–H and O–H groups in total. The second-order valence-corrected chi connectivity index (χ2v) is 7.33. The number of rotatable bonds is 4. The van der Waals surface area contributed by atoms with Crippen LogP contribution in [0.25, 0.3) is 11.5 Å². The fraction of sp³-hybridized carbons (Fsp3) is 0.500. The molecule has 25 heavy (non-hydrogen) atoms. The lowest BCUT2D eigenvalue weighted by molar-refractivity contribution is -0.132. The van der Waals surface area contributed by atoms with Crippen molar-refractivity contribution in [1.29, 1.82) is 0 Å². The van der Waals surface area contributed by atoms with E-state index in [0.29, 0.717) is 30.4 Å². The minimum atomic E-state index is 0.127. The van der Waals surface area contributed by atoms with Gasteiger partial charge in [-0.3, -0.25) is 4.79 Å². The van der Waals surface area contributed by atoms with Crippen molar-refractivity contribution in [3.05, 3.63) is 41.8 Å². The van der Waals surface area contributed by atoms with Crippen LogP contribution in [0, 0.1) is 6.92 Å². The Balaban J connectivity index is 1.45. The molecule has 1 amide bonds. The fourth-order valence-corrected chi connectivity index (χ4v) is 4.11. The molecule has 2 fully saturated rings. The SMILES string of the molecule is Cc1oc(-c2ccccc2)nc1CC(=O)N(C)C1CC2CCC(C1)N2. The number of fused-ring (bicyclic) bond motifs is 2. The van der Waals surface area contributed by atoms with Crippen LogP contribution in [-0.2, 0) is 11.2 Å². The maximum absolute atomic E-state index is 12.8. The normalized spacial score (nSPS) is 25.1. The highest BCUT2D eigenvalue weighted by atomic mass is 16.4. The minimum Gasteiger partial charge on any atom is -0.441 e. The first-order valence-electron chi connectivity index (χ1n) is 9.13. The molecule has 2 atom stereocenters. The first-order valence-corrected chi connectivity index (χ1v) is 9.13. The second kappa shape index (κ2) is 6.64. The number of benzene rings is 1. The van der Waals surface area contributed by atoms with E-state index < -0.39 is 0 Å². The van der Waals surface area contributed by atoms with Crippen LogP contribution in [0.5, 0.6) is 0 Å². The number of amides is 1. The molecular weight excluding hydrogens is 314 g/mol. The number of likely N-dealkylation sites (N-methyl/N-ethyl adjacent to an activating group) is 1. The Labute approximate surface area is 148 Å². The third kappa shape index (κ3) is 3.33. The number of aryl methyl sites for hydroxylation is 1. The molecule has 1 aromatic heterocycles. The van der Waals surface area contributed by atoms with Crippen molar-refractivity contribution >= 4 is 5.91 Å². The number of nitrogens with zero attached hydrogens (tertiary/aromatic N) is 2. The number of oxazole rings is 1. The van der Waals surface area contributed by atoms with Crippen LogP contribution in [0.2, 0.25) is 0 Å². The molecule has 0 aliphatic carbocycles. The molecule has 2 aromatic rings. The highest BCUT2D eigenvalue weighted by Gasteiger charge is 2.36. The highest BCUT2D eigenvalue weighted by Crippen LogP contribution is 2.30. The minimum absolute atomic E-state index is 0.127. The number of piperidine rings is 1. The summed E-state index contributed by atoms with van der Waals surface area (Å²) in [6, 6.07) is 11.3. The quantitative estimate of drug-likeness (QED) is 0.930. The summed E-state index contributed by atoms with van der Waals surface area (Å²) in [5, 5.41) is 3.63. The zero-order chi connectivity index (χ0) is 17.4. The van der Waals surface area contributed by atoms with Gasteiger partial charge >= 0.3 is 0 Å². The molecule has 5 heteroatoms. The Morgan fingerprint density at radius 2 is 1.92 bits per heavy atom. The fourth-order valence-electron chi connectivity index (χ4n) is 4.11. The van der Waals surface area contributed by atoms with Crippen LogP contribution in [-0.4, -0.2) is 41.0 Å². The van der Waals surface area contributed by atoms with Crippen LogP contribution < -0.4 is 5.32 Å². The molecule has 2 saturated heterocycles. The second-order valence-electron chi connectivity index (χ2n) is 7.33. The van der Waals surface area contributed by atoms with E-state index in [1.807, 2.05) is 49.2 Å². The Kier molecular flexibility index (Phi) is 4.34. The van der Waals surface area contributed by atoms with Crippen molar-refractivity contribution in [3.63, 3.8) is 0 Å². The molecule has 1 aromatic carbocycles. The van der Waals surface area contributed by atoms with E-state index in [9.17, 15) is 4.79 Å². The summed E-state index contributed by atoms with van der Waals surface area (Å²) in [5.41, 5.74) is 1.68. The van der Waals surface area contributed by atoms with Gasteiger partial charge in [0.25, 0.3) is 0 Å². The number of aromatic nitrogens is 1. The zero-order valence-corrected chi connectivity index (χ0v) is 14.9. The van der Waals surface area contributed by atoms with Gasteiger partial charge < -0.3 is 14.6 Å². The van der Waals surface area contributed by atoms with Crippen molar-refractivity contribution in [2.75, 3.05) is 7.05 Å². The van der Waals surface area contributed by atoms with Gasteiger partial charge in [0.1, 0.15) is 5.76 Å². The van der Waals surface area contributed by atoms with E-state index in [4.69, 9.17) is 4.42 Å². The summed E-state index contributed by atoms with van der Waals surface area (Å²) >= 11 is 0. The van der Waals surface area contributed by atoms with Gasteiger partial charge in [-0.1, -0.05) is 18.2 Å². The summed E-state index contributed by atoms with van der Waals surface area (Å²) in [4.78, 5) is 19.3. The van der Waals surface area contributed by atoms with E-state index in [1.165, 1.54) is 12.8 Å². The number of hydrogen-bond donors (Lipinski definition) is 1. The summed E-state index contributed by atoms with van der Waals surface area (Å²) in [5.74, 6) is 1.44. The zero-order valence-electron chi connectivity index (χ0n) is 14.9. The lowest BCUT2D eigenvalue weighted by Crippen LogP contribution is -2.49. The van der Waals surface area contributed by atoms with Crippen molar-refractivity contribution in [1.82, 2.24) is 15.2 Å². The maximum atomic E-state index is 12.8. The molecule has 2 bridgehead atoms. The van der Waals surface area contributed by atoms with Crippen LogP contribution in [0.1, 0.15) is 37.1 Å². The Morgan fingerprint density at radius 1 is 1.24 bits per heavy atom. The summed E-state index contributed by atoms with van der Waals surface area (Å²) in [6.07, 6.45) is 4.91. The number of carbonyl (C=O) groups excluding carboxylic acids is 1. The third-order valence-corrected chi connectivity index (χ3v) is 5.62. The van der Waals surface area contributed by atoms with Gasteiger partial charge in [0.15, 0.2) is 0 Å². The van der Waals surface area contributed by atoms with Gasteiger partial charge in [0.2, 0.25) is 11.8 Å². The van der Waals surface area contributed by atoms with Crippen molar-refractivity contribution < 1.29 is 9.21 Å². The average molecular weight is 339 g/mol. The Morgan fingerprint density at radius 3 is 2.60 bits per heavy atom. The van der Waals surface area contributed by atoms with Gasteiger partial charge in [0.05, 0.1) is 12.1 Å². The van der Waals surface area contributed by atoms with E-state index in [0.717, 1.165) is 29.9 Å². The molecule has 2 unspecified atom stereocenters. The Hall–Kier alpha value is -2.14. The largest absolute Gasteiger partial charge is 0.441 e. The predicted molar refractivity (Wildman–Crippen MR) is 96.1 cm³/mol. The summed E-state index contributed by atoms with van der Waals surface area (Å²) in [7, 11) is 1.94. The van der Waals surface area contributed by atoms with Gasteiger partial charge in [-0.25, -0.2) is 4.98 Å². The lowest BCUT2D eigenvalue weighted by Gasteiger charge is -2.35. The summed E-state index contributed by atoms with van der Waals surface area (Å²) < 4.78 is 5.78. The maximum Gasteiger partial charge on any atom is 0.228 e. The van der Waals surface area contributed by atoms with Crippen LogP contribution in [0.3, 0.4) is 0 Å². The lowest BCUT2D eigenvalue weighted by atomic mass is 9.98. The standard InChI is InChI=1S/C20H25N3O2/c1-13-18(22-20(25-13)14-6-4-3-5-7-14)12-19(24)23(2)17-10-15-8-9-16(11-17)21-15/h3-7,15-17,21H,8-12H2,1-2H3. The van der Waals surface area contributed by atoms with Gasteiger partial charge in [-0.05, 0) is 44.7 Å². The molecule has 2 aliphatic heterocycles. The van der Waals surface area contributed by atoms with E-state index in [1.54, 1.807) is 0 Å². The van der Waals surface area contributed by atoms with Crippen LogP contribution in [0.15, 0.2) is 34.7 Å². The van der Waals surface area contributed by atoms with E-state index in [-0.39, 0.29) is 5.91 Å². The van der Waals surface area contributed by atoms with Gasteiger partial charge in [0, 0.05) is 30.7 Å². The first kappa shape index (κ1) is 16.3. The molecule has 5 nitrogen and oxygen atoms in total. The van der Waals surface area contributed by atoms with Crippen molar-refractivity contribution in [2.24, 2.45) is 0 Å². The van der Waals surface area contributed by atoms with Crippen molar-refractivity contribution in [3.8, 4) is 11.5 Å². The van der Waals surface area contributed by atoms with Crippen molar-refractivity contribution in [2.45, 2.75) is 57.2 Å². The first-order chi connectivity index (χ1) is 12.1. The third-order valence-electron chi connectivity index (χ3n) is 5.62. The van der Waals surface area contributed by atoms with Gasteiger partial charge in [-0.15, -0.1) is 0 Å². The van der Waals surface area contributed by atoms with Crippen LogP contribution >= 0.6 is 0 Å². The average Bonchev–Trinajstić information content (AvgIpc) is 3.16. The number of carbonyl (C=O) groups is 1. The van der Waals surface area contributed by atoms with E-state index in [2.05, 4.69) is 10.3 Å². The summed E-state index contributed by atoms with van der Waals surface area (Å²) in [6.45, 7) is 1.88. The number of nitrogens with one attached hydrogen (secondary N) is 1. The smallest absolute Gasteiger partial charge is 0.228 e. The molecule has 132 valence electrons. The van der Waals surface area contributed by atoms with Gasteiger partial charge in [-0.2, -0.15) is 0 Å². The Bertz CT molecular complexity index is 744. The monoisotopic (exact) mass is 339 g/mol. The highest BCUT2D eigenvalue weighted by molar-refractivity contribution is 5.78. The molecular formula is C20H25N3O2. The molecule has 2 aliphatic rings. The van der Waals surface area contributed by atoms with E-state index >= 15 is 0 Å². The molecule has 0 saturated carbocycles. The topological polar surface area (TPSA) is 58.4 Å². The molecule has 4 rings (SSSR count). The molecule has 3 heterocycles. The van der Waals surface area contributed by atoms with Crippen LogP contribution in [0.4, 0.5) is 0 Å². The molecule has 0 radical (unpaired) electrons. The number of hydrogen-bond acceptors (Lipinski definition) is 4.